The monoisotopic (exact) mass is 207 g/mol. The van der Waals surface area contributed by atoms with Crippen LogP contribution in [0.2, 0.25) is 0 Å². The maximum absolute atomic E-state index is 10.4. The van der Waals surface area contributed by atoms with Crippen LogP contribution >= 0.6 is 11.6 Å². The zero-order chi connectivity index (χ0) is 10.4. The van der Waals surface area contributed by atoms with Crippen LogP contribution in [-0.4, -0.2) is 41.9 Å². The molecule has 0 spiro atoms. The van der Waals surface area contributed by atoms with Crippen LogP contribution in [-0.2, 0) is 9.59 Å². The molecule has 0 aliphatic carbocycles. The lowest BCUT2D eigenvalue weighted by molar-refractivity contribution is -0.480. The van der Waals surface area contributed by atoms with E-state index in [1.165, 1.54) is 0 Å². The van der Waals surface area contributed by atoms with Crippen LogP contribution in [0.15, 0.2) is 0 Å². The summed E-state index contributed by atoms with van der Waals surface area (Å²) in [5, 5.41) is 11.6. The number of carbonyl (C=O) groups is 2. The number of likely N-dealkylation sites (N-methyl/N-ethyl adjacent to an activating group) is 1. The fourth-order valence-electron chi connectivity index (χ4n) is 0.578. The Kier molecular flexibility index (Phi) is 4.83. The largest absolute Gasteiger partial charge is 0.549 e. The first-order valence-corrected chi connectivity index (χ1v) is 3.90. The van der Waals surface area contributed by atoms with Gasteiger partial charge in [-0.2, -0.15) is 0 Å². The van der Waals surface area contributed by atoms with Gasteiger partial charge in [0, 0.05) is 0 Å². The number of carboxylic acids is 1. The van der Waals surface area contributed by atoms with Gasteiger partial charge in [-0.25, -0.2) is 5.32 Å². The Bertz CT molecular complexity index is 236. The molecule has 74 valence electrons. The second-order valence-electron chi connectivity index (χ2n) is 2.30. The molecular weight excluding hydrogens is 198 g/mol. The third kappa shape index (κ3) is 5.02. The Balaban J connectivity index is 0.000000252. The van der Waals surface area contributed by atoms with Gasteiger partial charge < -0.3 is 9.90 Å². The molecule has 3 N–H and O–H groups in total. The zero-order valence-corrected chi connectivity index (χ0v) is 7.80. The predicted molar refractivity (Wildman–Crippen MR) is 44.1 cm³/mol. The zero-order valence-electron chi connectivity index (χ0n) is 7.04. The lowest BCUT2D eigenvalue weighted by atomic mass is 10.6. The highest BCUT2D eigenvalue weighted by atomic mass is 35.5. The third-order valence-electron chi connectivity index (χ3n) is 1.17. The fourth-order valence-corrected chi connectivity index (χ4v) is 0.578. The van der Waals surface area contributed by atoms with Crippen molar-refractivity contribution in [3.8, 4) is 0 Å². The first-order chi connectivity index (χ1) is 5.97. The van der Waals surface area contributed by atoms with Crippen molar-refractivity contribution in [2.45, 2.75) is 0 Å². The molecule has 0 bridgehead atoms. The summed E-state index contributed by atoms with van der Waals surface area (Å²) in [6.07, 6.45) is 0. The van der Waals surface area contributed by atoms with Crippen molar-refractivity contribution in [3.05, 3.63) is 0 Å². The Morgan fingerprint density at radius 3 is 2.38 bits per heavy atom. The first kappa shape index (κ1) is 11.7. The molecule has 1 heterocycles. The maximum Gasteiger partial charge on any atom is 0.351 e. The number of hydrogen-bond donors (Lipinski definition) is 2. The van der Waals surface area contributed by atoms with Crippen LogP contribution in [0.5, 0.6) is 0 Å². The van der Waals surface area contributed by atoms with Crippen molar-refractivity contribution in [1.29, 1.82) is 0 Å². The normalized spacial score (nSPS) is 14.8. The van der Waals surface area contributed by atoms with Crippen molar-refractivity contribution < 1.29 is 19.3 Å². The Morgan fingerprint density at radius 2 is 2.31 bits per heavy atom. The van der Waals surface area contributed by atoms with E-state index in [0.717, 1.165) is 0 Å². The molecule has 1 aliphatic rings. The van der Waals surface area contributed by atoms with E-state index in [1.54, 1.807) is 11.6 Å². The van der Waals surface area contributed by atoms with E-state index < -0.39 is 11.8 Å². The smallest absolute Gasteiger partial charge is 0.351 e. The number of amides is 1. The molecule has 0 aromatic rings. The predicted octanol–water partition coefficient (Wildman–Crippen LogP) is -2.95. The molecule has 6 nitrogen and oxygen atoms in total. The highest BCUT2D eigenvalue weighted by Gasteiger charge is 2.20. The van der Waals surface area contributed by atoms with Gasteiger partial charge in [0.05, 0.1) is 18.9 Å². The van der Waals surface area contributed by atoms with Crippen LogP contribution in [0, 0.1) is 0 Å². The lowest BCUT2D eigenvalue weighted by Crippen LogP contribution is -2.32. The van der Waals surface area contributed by atoms with Crippen LogP contribution in [0.3, 0.4) is 0 Å². The summed E-state index contributed by atoms with van der Waals surface area (Å²) in [7, 11) is 1.76. The number of nitrogens with zero attached hydrogens (tertiary/aromatic N) is 1. The molecule has 0 atom stereocenters. The fraction of sp³-hybridized carbons (Fsp3) is 0.500. The second kappa shape index (κ2) is 5.36. The molecule has 0 saturated heterocycles. The van der Waals surface area contributed by atoms with Crippen molar-refractivity contribution in [2.75, 3.05) is 19.5 Å². The molecule has 1 aliphatic heterocycles. The minimum atomic E-state index is -1.23. The van der Waals surface area contributed by atoms with Crippen molar-refractivity contribution in [1.82, 2.24) is 5.32 Å². The van der Waals surface area contributed by atoms with Crippen molar-refractivity contribution in [3.63, 3.8) is 0 Å². The lowest BCUT2D eigenvalue weighted by Gasteiger charge is -1.85. The summed E-state index contributed by atoms with van der Waals surface area (Å²) in [6.45, 7) is 0.381. The molecule has 1 amide bonds. The van der Waals surface area contributed by atoms with Gasteiger partial charge >= 0.3 is 11.9 Å². The second-order valence-corrected chi connectivity index (χ2v) is 2.56. The van der Waals surface area contributed by atoms with Crippen molar-refractivity contribution in [2.24, 2.45) is 5.73 Å². The number of hydrogen-bond acceptors (Lipinski definition) is 4. The van der Waals surface area contributed by atoms with E-state index in [2.05, 4.69) is 16.9 Å². The van der Waals surface area contributed by atoms with Crippen LogP contribution in [0.4, 0.5) is 0 Å². The number of nitrogens with two attached hydrogens (primary N) is 1. The van der Waals surface area contributed by atoms with E-state index >= 15 is 0 Å². The SMILES string of the molecule is C[N+]1=C(N)NC(=O)C1.O=C([O-])CCl. The Morgan fingerprint density at radius 1 is 1.85 bits per heavy atom. The van der Waals surface area contributed by atoms with E-state index in [4.69, 9.17) is 15.6 Å². The molecule has 0 fully saturated rings. The third-order valence-corrected chi connectivity index (χ3v) is 1.39. The summed E-state index contributed by atoms with van der Waals surface area (Å²) in [6, 6.07) is 0. The molecule has 0 saturated carbocycles. The minimum Gasteiger partial charge on any atom is -0.549 e. The summed E-state index contributed by atoms with van der Waals surface area (Å²) >= 11 is 4.67. The number of nitrogens with one attached hydrogen (secondary N) is 1. The Hall–Kier alpha value is -1.30. The van der Waals surface area contributed by atoms with Gasteiger partial charge in [0.25, 0.3) is 0 Å². The number of carbonyl (C=O) groups excluding carboxylic acids is 2. The maximum atomic E-state index is 10.4. The van der Waals surface area contributed by atoms with E-state index in [0.29, 0.717) is 12.5 Å². The quantitative estimate of drug-likeness (QED) is 0.355. The van der Waals surface area contributed by atoms with Gasteiger partial charge in [-0.05, 0) is 0 Å². The molecule has 1 rings (SSSR count). The molecule has 0 aromatic heterocycles. The number of rotatable bonds is 1. The van der Waals surface area contributed by atoms with Gasteiger partial charge in [-0.1, -0.05) is 0 Å². The molecule has 13 heavy (non-hydrogen) atoms. The van der Waals surface area contributed by atoms with E-state index in [1.807, 2.05) is 0 Å². The topological polar surface area (TPSA) is 98.3 Å². The average Bonchev–Trinajstić information content (AvgIpc) is 2.31. The number of carboxylic acid groups (broad SMARTS) is 1. The summed E-state index contributed by atoms with van der Waals surface area (Å²) in [5.74, 6) is -1.24. The first-order valence-electron chi connectivity index (χ1n) is 3.36. The van der Waals surface area contributed by atoms with Crippen LogP contribution in [0.1, 0.15) is 0 Å². The van der Waals surface area contributed by atoms with Gasteiger partial charge in [-0.15, -0.1) is 11.6 Å². The number of halogens is 1. The van der Waals surface area contributed by atoms with Gasteiger partial charge in [0.2, 0.25) is 0 Å². The standard InChI is InChI=1S/C4H7N3O.C2H3ClO2/c1-7-2-3(8)6-4(7)5;3-1-2(4)5/h2H2,1H3,(H2,5,6,8);1H2,(H,4,5). The highest BCUT2D eigenvalue weighted by molar-refractivity contribution is 6.25. The average molecular weight is 208 g/mol. The summed E-state index contributed by atoms with van der Waals surface area (Å²) < 4.78 is 1.66. The number of guanidine groups is 1. The molecule has 0 aromatic carbocycles. The molecular formula is C6H10ClN3O3. The van der Waals surface area contributed by atoms with Crippen LogP contribution in [0.25, 0.3) is 0 Å². The highest BCUT2D eigenvalue weighted by Crippen LogP contribution is 1.77. The van der Waals surface area contributed by atoms with Gasteiger partial charge in [-0.3, -0.25) is 15.1 Å². The van der Waals surface area contributed by atoms with Crippen molar-refractivity contribution >= 4 is 29.4 Å². The number of alkyl halides is 1. The molecule has 0 radical (unpaired) electrons. The van der Waals surface area contributed by atoms with Crippen LogP contribution < -0.4 is 16.2 Å². The summed E-state index contributed by atoms with van der Waals surface area (Å²) in [5.41, 5.74) is 5.28. The van der Waals surface area contributed by atoms with E-state index in [9.17, 15) is 4.79 Å². The number of aliphatic carboxylic acids is 1. The van der Waals surface area contributed by atoms with Gasteiger partial charge in [0.15, 0.2) is 6.54 Å². The molecule has 7 heteroatoms. The summed E-state index contributed by atoms with van der Waals surface area (Å²) in [4.78, 5) is 19.5. The Labute approximate surface area is 80.0 Å². The van der Waals surface area contributed by atoms with E-state index in [-0.39, 0.29) is 5.91 Å². The molecule has 0 unspecified atom stereocenters. The minimum absolute atomic E-state index is 0.0370. The van der Waals surface area contributed by atoms with Gasteiger partial charge in [0.1, 0.15) is 0 Å².